The van der Waals surface area contributed by atoms with E-state index in [4.69, 9.17) is 14.5 Å². The molecule has 2 aromatic rings. The van der Waals surface area contributed by atoms with Gasteiger partial charge in [-0.1, -0.05) is 48.1 Å². The van der Waals surface area contributed by atoms with Crippen LogP contribution in [0.15, 0.2) is 65.3 Å². The van der Waals surface area contributed by atoms with E-state index in [2.05, 4.69) is 27.7 Å². The summed E-state index contributed by atoms with van der Waals surface area (Å²) < 4.78 is 38.7. The molecule has 0 heterocycles. The van der Waals surface area contributed by atoms with Gasteiger partial charge in [-0.2, -0.15) is 13.2 Å². The monoisotopic (exact) mass is 436 g/mol. The van der Waals surface area contributed by atoms with Crippen LogP contribution in [-0.2, 0) is 27.3 Å². The number of alkyl halides is 3. The third-order valence-corrected chi connectivity index (χ3v) is 4.06. The van der Waals surface area contributed by atoms with Gasteiger partial charge in [-0.15, -0.1) is 0 Å². The summed E-state index contributed by atoms with van der Waals surface area (Å²) in [5.41, 5.74) is 6.64. The Bertz CT molecular complexity index is 959. The fraction of sp³-hybridized carbons (Fsp3) is 0.238. The molecular weight excluding hydrogens is 413 g/mol. The maximum Gasteiger partial charge on any atom is 0.416 e. The van der Waals surface area contributed by atoms with Gasteiger partial charge in [0.15, 0.2) is 11.5 Å². The summed E-state index contributed by atoms with van der Waals surface area (Å²) in [5.74, 6) is 0.332. The second-order valence-electron chi connectivity index (χ2n) is 6.11. The van der Waals surface area contributed by atoms with Gasteiger partial charge in [0.05, 0.1) is 18.4 Å². The Hall–Kier alpha value is -3.37. The highest BCUT2D eigenvalue weighted by Crippen LogP contribution is 2.30. The van der Waals surface area contributed by atoms with Crippen molar-refractivity contribution in [2.75, 3.05) is 21.3 Å². The van der Waals surface area contributed by atoms with Gasteiger partial charge in [0.2, 0.25) is 0 Å². The van der Waals surface area contributed by atoms with Crippen LogP contribution in [0.4, 0.5) is 13.2 Å². The highest BCUT2D eigenvalue weighted by atomic mass is 19.4. The predicted molar refractivity (Wildman–Crippen MR) is 112 cm³/mol. The van der Waals surface area contributed by atoms with Gasteiger partial charge in [0.25, 0.3) is 0 Å². The molecule has 0 saturated carbocycles. The summed E-state index contributed by atoms with van der Waals surface area (Å²) in [5, 5.41) is 4.01. The average molecular weight is 436 g/mol. The third kappa shape index (κ3) is 6.56. The molecule has 31 heavy (non-hydrogen) atoms. The second kappa shape index (κ2) is 11.1. The molecule has 0 unspecified atom stereocenters. The summed E-state index contributed by atoms with van der Waals surface area (Å²) in [6.07, 6.45) is -4.44. The maximum absolute atomic E-state index is 12.9. The fourth-order valence-corrected chi connectivity index (χ4v) is 2.63. The SMILES string of the molecule is C=C(NOCc1ccccc1C(=NOC)C(=NC)NOC)c1cccc(C(F)(F)F)c1. The molecule has 0 spiro atoms. The number of oxime groups is 1. The van der Waals surface area contributed by atoms with Crippen molar-refractivity contribution >= 4 is 17.2 Å². The molecular formula is C21H23F3N4O3. The van der Waals surface area contributed by atoms with Crippen LogP contribution in [0.3, 0.4) is 0 Å². The van der Waals surface area contributed by atoms with Gasteiger partial charge >= 0.3 is 6.18 Å². The first kappa shape index (κ1) is 23.9. The number of hydrogen-bond donors (Lipinski definition) is 2. The van der Waals surface area contributed by atoms with Crippen LogP contribution in [-0.4, -0.2) is 32.8 Å². The molecule has 2 aromatic carbocycles. The standard InChI is InChI=1S/C21H23F3N4O3/c1-14(15-9-7-10-17(12-15)21(22,23)24)26-31-13-16-8-5-6-11-18(16)19(27-29-3)20(25-2)28-30-4/h5-12,26H,1,13H2,2-4H3,(H,25,28). The molecule has 0 radical (unpaired) electrons. The summed E-state index contributed by atoms with van der Waals surface area (Å²) in [7, 11) is 4.40. The van der Waals surface area contributed by atoms with Crippen LogP contribution in [0, 0.1) is 0 Å². The van der Waals surface area contributed by atoms with Crippen molar-refractivity contribution in [3.05, 3.63) is 77.4 Å². The summed E-state index contributed by atoms with van der Waals surface area (Å²) in [6, 6.07) is 12.0. The molecule has 166 valence electrons. The van der Waals surface area contributed by atoms with Crippen molar-refractivity contribution in [1.82, 2.24) is 11.0 Å². The lowest BCUT2D eigenvalue weighted by molar-refractivity contribution is -0.137. The molecule has 0 bridgehead atoms. The van der Waals surface area contributed by atoms with Crippen LogP contribution < -0.4 is 11.0 Å². The quantitative estimate of drug-likeness (QED) is 0.354. The molecule has 0 aromatic heterocycles. The Kier molecular flexibility index (Phi) is 8.59. The van der Waals surface area contributed by atoms with E-state index in [1.165, 1.54) is 26.4 Å². The first-order valence-corrected chi connectivity index (χ1v) is 9.01. The number of aliphatic imine (C=N–C) groups is 1. The van der Waals surface area contributed by atoms with Crippen molar-refractivity contribution in [1.29, 1.82) is 0 Å². The van der Waals surface area contributed by atoms with E-state index in [0.717, 1.165) is 12.1 Å². The van der Waals surface area contributed by atoms with E-state index in [1.54, 1.807) is 31.3 Å². The number of nitrogens with zero attached hydrogens (tertiary/aromatic N) is 2. The van der Waals surface area contributed by atoms with Crippen molar-refractivity contribution in [2.24, 2.45) is 10.1 Å². The largest absolute Gasteiger partial charge is 0.416 e. The van der Waals surface area contributed by atoms with Crippen molar-refractivity contribution in [3.63, 3.8) is 0 Å². The Balaban J connectivity index is 2.15. The van der Waals surface area contributed by atoms with E-state index in [9.17, 15) is 13.2 Å². The molecule has 0 aliphatic heterocycles. The topological polar surface area (TPSA) is 76.5 Å². The number of hydrogen-bond acceptors (Lipinski definition) is 6. The smallest absolute Gasteiger partial charge is 0.399 e. The molecule has 0 aliphatic carbocycles. The highest BCUT2D eigenvalue weighted by molar-refractivity contribution is 6.47. The van der Waals surface area contributed by atoms with E-state index in [0.29, 0.717) is 22.7 Å². The van der Waals surface area contributed by atoms with Gasteiger partial charge in [-0.3, -0.25) is 20.1 Å². The first-order valence-electron chi connectivity index (χ1n) is 9.01. The minimum absolute atomic E-state index is 0.0564. The zero-order valence-corrected chi connectivity index (χ0v) is 17.3. The van der Waals surface area contributed by atoms with Crippen LogP contribution >= 0.6 is 0 Å². The van der Waals surface area contributed by atoms with Gasteiger partial charge in [0.1, 0.15) is 13.7 Å². The zero-order chi connectivity index (χ0) is 22.9. The first-order chi connectivity index (χ1) is 14.8. The molecule has 2 rings (SSSR count). The van der Waals surface area contributed by atoms with Gasteiger partial charge in [-0.25, -0.2) is 5.48 Å². The van der Waals surface area contributed by atoms with E-state index in [1.807, 2.05) is 0 Å². The number of hydroxylamine groups is 2. The normalized spacial score (nSPS) is 12.5. The van der Waals surface area contributed by atoms with E-state index in [-0.39, 0.29) is 17.9 Å². The number of rotatable bonds is 9. The van der Waals surface area contributed by atoms with Gasteiger partial charge < -0.3 is 4.84 Å². The number of amidine groups is 1. The Morgan fingerprint density at radius 2 is 1.81 bits per heavy atom. The van der Waals surface area contributed by atoms with Crippen molar-refractivity contribution in [2.45, 2.75) is 12.8 Å². The van der Waals surface area contributed by atoms with Crippen molar-refractivity contribution < 1.29 is 27.7 Å². The average Bonchev–Trinajstić information content (AvgIpc) is 2.76. The third-order valence-electron chi connectivity index (χ3n) is 4.06. The minimum atomic E-state index is -4.44. The van der Waals surface area contributed by atoms with Crippen LogP contribution in [0.5, 0.6) is 0 Å². The molecule has 0 amide bonds. The van der Waals surface area contributed by atoms with E-state index < -0.39 is 11.7 Å². The Labute approximate surface area is 178 Å². The summed E-state index contributed by atoms with van der Waals surface area (Å²) in [4.78, 5) is 19.4. The maximum atomic E-state index is 12.9. The van der Waals surface area contributed by atoms with Gasteiger partial charge in [-0.05, 0) is 23.3 Å². The Morgan fingerprint density at radius 1 is 1.06 bits per heavy atom. The highest BCUT2D eigenvalue weighted by Gasteiger charge is 2.30. The van der Waals surface area contributed by atoms with E-state index >= 15 is 0 Å². The lowest BCUT2D eigenvalue weighted by atomic mass is 10.0. The number of nitrogens with one attached hydrogen (secondary N) is 2. The number of benzene rings is 2. The minimum Gasteiger partial charge on any atom is -0.399 e. The molecule has 10 heteroatoms. The molecule has 7 nitrogen and oxygen atoms in total. The zero-order valence-electron chi connectivity index (χ0n) is 17.3. The predicted octanol–water partition coefficient (Wildman–Crippen LogP) is 3.93. The summed E-state index contributed by atoms with van der Waals surface area (Å²) in [6.45, 7) is 3.80. The fourth-order valence-electron chi connectivity index (χ4n) is 2.63. The lowest BCUT2D eigenvalue weighted by Crippen LogP contribution is -2.32. The van der Waals surface area contributed by atoms with Crippen LogP contribution in [0.25, 0.3) is 5.70 Å². The molecule has 0 saturated heterocycles. The molecule has 0 atom stereocenters. The molecule has 0 fully saturated rings. The van der Waals surface area contributed by atoms with Crippen LogP contribution in [0.2, 0.25) is 0 Å². The number of halogens is 3. The second-order valence-corrected chi connectivity index (χ2v) is 6.11. The van der Waals surface area contributed by atoms with Gasteiger partial charge in [0, 0.05) is 12.6 Å². The lowest BCUT2D eigenvalue weighted by Gasteiger charge is -2.15. The van der Waals surface area contributed by atoms with Crippen LogP contribution in [0.1, 0.15) is 22.3 Å². The molecule has 0 aliphatic rings. The summed E-state index contributed by atoms with van der Waals surface area (Å²) >= 11 is 0. The Morgan fingerprint density at radius 3 is 2.45 bits per heavy atom. The van der Waals surface area contributed by atoms with Crippen molar-refractivity contribution in [3.8, 4) is 0 Å². The molecule has 2 N–H and O–H groups in total.